The van der Waals surface area contributed by atoms with Crippen molar-refractivity contribution in [3.05, 3.63) is 17.3 Å². The zero-order valence-corrected chi connectivity index (χ0v) is 12.1. The number of pyridine rings is 1. The molecule has 0 aliphatic carbocycles. The Balaban J connectivity index is 1.72. The van der Waals surface area contributed by atoms with Gasteiger partial charge in [-0.2, -0.15) is 0 Å². The SMILES string of the molecule is Nc1nc2cc(Cl)cnc2n1C1CCN2CCCC2C1. The molecular weight excluding hydrogens is 274 g/mol. The lowest BCUT2D eigenvalue weighted by atomic mass is 9.97. The number of fused-ring (bicyclic) bond motifs is 2. The molecule has 2 atom stereocenters. The van der Waals surface area contributed by atoms with Crippen LogP contribution in [0, 0.1) is 0 Å². The van der Waals surface area contributed by atoms with Gasteiger partial charge in [0.25, 0.3) is 0 Å². The summed E-state index contributed by atoms with van der Waals surface area (Å²) in [5.74, 6) is 0.561. The molecule has 0 amide bonds. The van der Waals surface area contributed by atoms with Crippen molar-refractivity contribution < 1.29 is 0 Å². The number of nitrogen functional groups attached to an aromatic ring is 1. The van der Waals surface area contributed by atoms with E-state index in [2.05, 4.69) is 19.4 Å². The fourth-order valence-corrected chi connectivity index (χ4v) is 3.92. The van der Waals surface area contributed by atoms with Gasteiger partial charge in [-0.15, -0.1) is 0 Å². The zero-order valence-electron chi connectivity index (χ0n) is 11.3. The summed E-state index contributed by atoms with van der Waals surface area (Å²) >= 11 is 5.98. The fourth-order valence-electron chi connectivity index (χ4n) is 3.77. The van der Waals surface area contributed by atoms with Crippen LogP contribution < -0.4 is 5.73 Å². The molecular formula is C14H18ClN5. The molecule has 0 radical (unpaired) electrons. The van der Waals surface area contributed by atoms with E-state index < -0.39 is 0 Å². The number of piperidine rings is 1. The highest BCUT2D eigenvalue weighted by Gasteiger charge is 2.33. The van der Waals surface area contributed by atoms with Crippen LogP contribution in [-0.2, 0) is 0 Å². The maximum absolute atomic E-state index is 6.13. The lowest BCUT2D eigenvalue weighted by Gasteiger charge is -2.35. The van der Waals surface area contributed by atoms with Gasteiger partial charge in [-0.3, -0.25) is 4.57 Å². The Morgan fingerprint density at radius 1 is 1.25 bits per heavy atom. The molecule has 106 valence electrons. The third-order valence-corrected chi connectivity index (χ3v) is 4.89. The predicted molar refractivity (Wildman–Crippen MR) is 79.8 cm³/mol. The van der Waals surface area contributed by atoms with E-state index in [4.69, 9.17) is 17.3 Å². The van der Waals surface area contributed by atoms with E-state index in [9.17, 15) is 0 Å². The molecule has 0 spiro atoms. The minimum absolute atomic E-state index is 0.410. The van der Waals surface area contributed by atoms with Crippen molar-refractivity contribution in [2.45, 2.75) is 37.8 Å². The van der Waals surface area contributed by atoms with Crippen LogP contribution in [0.4, 0.5) is 5.95 Å². The molecule has 0 aromatic carbocycles. The van der Waals surface area contributed by atoms with E-state index in [0.717, 1.165) is 30.6 Å². The van der Waals surface area contributed by atoms with Gasteiger partial charge in [0.1, 0.15) is 5.52 Å². The first-order valence-electron chi connectivity index (χ1n) is 7.25. The number of anilines is 1. The van der Waals surface area contributed by atoms with Gasteiger partial charge in [0, 0.05) is 24.8 Å². The van der Waals surface area contributed by atoms with Gasteiger partial charge in [0.15, 0.2) is 5.65 Å². The van der Waals surface area contributed by atoms with Crippen LogP contribution in [0.1, 0.15) is 31.7 Å². The summed E-state index contributed by atoms with van der Waals surface area (Å²) < 4.78 is 2.11. The first-order valence-corrected chi connectivity index (χ1v) is 7.63. The molecule has 0 saturated carbocycles. The van der Waals surface area contributed by atoms with Crippen LogP contribution >= 0.6 is 11.6 Å². The van der Waals surface area contributed by atoms with Crippen molar-refractivity contribution in [2.75, 3.05) is 18.8 Å². The van der Waals surface area contributed by atoms with Crippen molar-refractivity contribution in [2.24, 2.45) is 0 Å². The molecule has 2 saturated heterocycles. The summed E-state index contributed by atoms with van der Waals surface area (Å²) in [6.07, 6.45) is 6.58. The average Bonchev–Trinajstić information content (AvgIpc) is 3.00. The van der Waals surface area contributed by atoms with Gasteiger partial charge in [-0.1, -0.05) is 11.6 Å². The Labute approximate surface area is 122 Å². The quantitative estimate of drug-likeness (QED) is 0.877. The van der Waals surface area contributed by atoms with Gasteiger partial charge < -0.3 is 10.6 Å². The van der Waals surface area contributed by atoms with Gasteiger partial charge in [0.05, 0.1) is 5.02 Å². The first-order chi connectivity index (χ1) is 9.72. The number of halogens is 1. The molecule has 2 unspecified atom stereocenters. The highest BCUT2D eigenvalue weighted by atomic mass is 35.5. The van der Waals surface area contributed by atoms with Crippen LogP contribution in [0.25, 0.3) is 11.2 Å². The molecule has 2 N–H and O–H groups in total. The van der Waals surface area contributed by atoms with Crippen LogP contribution in [0.15, 0.2) is 12.3 Å². The van der Waals surface area contributed by atoms with E-state index in [-0.39, 0.29) is 0 Å². The fraction of sp³-hybridized carbons (Fsp3) is 0.571. The van der Waals surface area contributed by atoms with Crippen LogP contribution in [-0.4, -0.2) is 38.6 Å². The minimum Gasteiger partial charge on any atom is -0.369 e. The second-order valence-electron chi connectivity index (χ2n) is 5.85. The maximum atomic E-state index is 6.13. The van der Waals surface area contributed by atoms with E-state index in [1.807, 2.05) is 6.07 Å². The van der Waals surface area contributed by atoms with Crippen LogP contribution in [0.3, 0.4) is 0 Å². The minimum atomic E-state index is 0.410. The predicted octanol–water partition coefficient (Wildman–Crippen LogP) is 2.47. The Hall–Kier alpha value is -1.33. The molecule has 2 aromatic rings. The van der Waals surface area contributed by atoms with Crippen molar-refractivity contribution >= 4 is 28.7 Å². The number of nitrogens with two attached hydrogens (primary N) is 1. The average molecular weight is 292 g/mol. The summed E-state index contributed by atoms with van der Waals surface area (Å²) in [5.41, 5.74) is 7.79. The second kappa shape index (κ2) is 4.60. The monoisotopic (exact) mass is 291 g/mol. The summed E-state index contributed by atoms with van der Waals surface area (Å²) in [7, 11) is 0. The molecule has 2 aliphatic heterocycles. The summed E-state index contributed by atoms with van der Waals surface area (Å²) in [6.45, 7) is 2.41. The lowest BCUT2D eigenvalue weighted by molar-refractivity contribution is 0.158. The standard InChI is InChI=1S/C14H18ClN5/c15-9-6-12-13(17-8-9)20(14(16)18-12)11-3-5-19-4-1-2-10(19)7-11/h6,8,10-11H,1-5,7H2,(H2,16,18). The number of aromatic nitrogens is 3. The van der Waals surface area contributed by atoms with Gasteiger partial charge >= 0.3 is 0 Å². The van der Waals surface area contributed by atoms with Crippen LogP contribution in [0.5, 0.6) is 0 Å². The third kappa shape index (κ3) is 1.88. The van der Waals surface area contributed by atoms with Gasteiger partial charge in [-0.25, -0.2) is 9.97 Å². The number of nitrogens with zero attached hydrogens (tertiary/aromatic N) is 4. The highest BCUT2D eigenvalue weighted by Crippen LogP contribution is 2.36. The summed E-state index contributed by atoms with van der Waals surface area (Å²) in [6, 6.07) is 2.95. The zero-order chi connectivity index (χ0) is 13.7. The first kappa shape index (κ1) is 12.4. The van der Waals surface area contributed by atoms with Crippen molar-refractivity contribution in [3.63, 3.8) is 0 Å². The van der Waals surface area contributed by atoms with Crippen molar-refractivity contribution in [1.82, 2.24) is 19.4 Å². The Kier molecular flexibility index (Phi) is 2.86. The van der Waals surface area contributed by atoms with Gasteiger partial charge in [0.2, 0.25) is 5.95 Å². The molecule has 2 aromatic heterocycles. The van der Waals surface area contributed by atoms with E-state index in [0.29, 0.717) is 23.1 Å². The Morgan fingerprint density at radius 2 is 2.15 bits per heavy atom. The summed E-state index contributed by atoms with van der Waals surface area (Å²) in [4.78, 5) is 11.5. The van der Waals surface area contributed by atoms with Crippen molar-refractivity contribution in [3.8, 4) is 0 Å². The molecule has 2 aliphatic rings. The molecule has 5 nitrogen and oxygen atoms in total. The number of hydrogen-bond acceptors (Lipinski definition) is 4. The lowest BCUT2D eigenvalue weighted by Crippen LogP contribution is -2.38. The molecule has 0 bridgehead atoms. The summed E-state index contributed by atoms with van der Waals surface area (Å²) in [5, 5.41) is 0.604. The van der Waals surface area contributed by atoms with Gasteiger partial charge in [-0.05, 0) is 38.3 Å². The Bertz CT molecular complexity index is 652. The smallest absolute Gasteiger partial charge is 0.202 e. The largest absolute Gasteiger partial charge is 0.369 e. The third-order valence-electron chi connectivity index (χ3n) is 4.68. The van der Waals surface area contributed by atoms with E-state index in [1.54, 1.807) is 6.20 Å². The number of imidazole rings is 1. The highest BCUT2D eigenvalue weighted by molar-refractivity contribution is 6.31. The second-order valence-corrected chi connectivity index (χ2v) is 6.28. The Morgan fingerprint density at radius 3 is 3.05 bits per heavy atom. The van der Waals surface area contributed by atoms with E-state index >= 15 is 0 Å². The number of rotatable bonds is 1. The topological polar surface area (TPSA) is 60.0 Å². The van der Waals surface area contributed by atoms with Crippen molar-refractivity contribution in [1.29, 1.82) is 0 Å². The normalized spacial score (nSPS) is 27.1. The molecule has 4 rings (SSSR count). The molecule has 4 heterocycles. The van der Waals surface area contributed by atoms with E-state index in [1.165, 1.54) is 19.4 Å². The molecule has 20 heavy (non-hydrogen) atoms. The molecule has 6 heteroatoms. The maximum Gasteiger partial charge on any atom is 0.202 e. The van der Waals surface area contributed by atoms with Crippen LogP contribution in [0.2, 0.25) is 5.02 Å². The molecule has 2 fully saturated rings. The number of hydrogen-bond donors (Lipinski definition) is 1.